The minimum atomic E-state index is -0.432. The molecule has 0 unspecified atom stereocenters. The molecule has 3 rings (SSSR count). The van der Waals surface area contributed by atoms with Crippen LogP contribution in [0.1, 0.15) is 0 Å². The lowest BCUT2D eigenvalue weighted by molar-refractivity contribution is -0.384. The third-order valence-electron chi connectivity index (χ3n) is 3.70. The van der Waals surface area contributed by atoms with E-state index >= 15 is 0 Å². The van der Waals surface area contributed by atoms with Crippen LogP contribution in [0.5, 0.6) is 0 Å². The van der Waals surface area contributed by atoms with E-state index in [1.165, 1.54) is 6.07 Å². The zero-order valence-corrected chi connectivity index (χ0v) is 13.9. The summed E-state index contributed by atoms with van der Waals surface area (Å²) in [5.41, 5.74) is 1.18. The van der Waals surface area contributed by atoms with Crippen LogP contribution in [-0.2, 0) is 11.8 Å². The van der Waals surface area contributed by atoms with Crippen LogP contribution in [0.3, 0.4) is 0 Å². The number of nitro groups is 1. The molecule has 1 saturated heterocycles. The molecule has 0 radical (unpaired) electrons. The Kier molecular flexibility index (Phi) is 4.03. The van der Waals surface area contributed by atoms with Gasteiger partial charge in [0.25, 0.3) is 5.69 Å². The van der Waals surface area contributed by atoms with E-state index in [1.54, 1.807) is 46.1 Å². The second-order valence-corrected chi connectivity index (χ2v) is 6.14. The number of aryl methyl sites for hydroxylation is 1. The Morgan fingerprint density at radius 3 is 2.74 bits per heavy atom. The summed E-state index contributed by atoms with van der Waals surface area (Å²) in [5, 5.41) is 15.3. The normalized spacial score (nSPS) is 15.1. The van der Waals surface area contributed by atoms with Crippen molar-refractivity contribution >= 4 is 38.9 Å². The largest absolute Gasteiger partial charge is 0.355 e. The standard InChI is InChI=1S/C14H14BrN5O3/c1-17-8-11(7-16-17)19-5-4-18(9-14(19)21)12-3-2-10(15)6-13(12)20(22)23/h2-3,6-8H,4-5,9H2,1H3. The van der Waals surface area contributed by atoms with E-state index in [2.05, 4.69) is 21.0 Å². The lowest BCUT2D eigenvalue weighted by atomic mass is 10.2. The maximum absolute atomic E-state index is 12.4. The van der Waals surface area contributed by atoms with E-state index in [4.69, 9.17) is 0 Å². The molecule has 0 atom stereocenters. The summed E-state index contributed by atoms with van der Waals surface area (Å²) in [6.45, 7) is 1.07. The van der Waals surface area contributed by atoms with Crippen molar-refractivity contribution in [3.63, 3.8) is 0 Å². The molecule has 2 heterocycles. The molecule has 1 aromatic heterocycles. The van der Waals surface area contributed by atoms with Gasteiger partial charge in [-0.05, 0) is 12.1 Å². The molecule has 120 valence electrons. The molecule has 1 aliphatic heterocycles. The van der Waals surface area contributed by atoms with Gasteiger partial charge in [-0.3, -0.25) is 19.6 Å². The summed E-state index contributed by atoms with van der Waals surface area (Å²) >= 11 is 3.24. The number of nitro benzene ring substituents is 1. The molecular weight excluding hydrogens is 366 g/mol. The van der Waals surface area contributed by atoms with E-state index in [9.17, 15) is 14.9 Å². The molecule has 23 heavy (non-hydrogen) atoms. The third kappa shape index (κ3) is 3.04. The van der Waals surface area contributed by atoms with Gasteiger partial charge >= 0.3 is 0 Å². The van der Waals surface area contributed by atoms with Crippen molar-refractivity contribution in [1.29, 1.82) is 0 Å². The summed E-state index contributed by atoms with van der Waals surface area (Å²) in [5.74, 6) is -0.110. The Morgan fingerprint density at radius 2 is 2.13 bits per heavy atom. The summed E-state index contributed by atoms with van der Waals surface area (Å²) in [6.07, 6.45) is 3.41. The summed E-state index contributed by atoms with van der Waals surface area (Å²) < 4.78 is 2.27. The number of benzene rings is 1. The first-order chi connectivity index (χ1) is 11.0. The zero-order valence-electron chi connectivity index (χ0n) is 12.3. The number of rotatable bonds is 3. The van der Waals surface area contributed by atoms with Crippen molar-refractivity contribution in [2.24, 2.45) is 7.05 Å². The van der Waals surface area contributed by atoms with Gasteiger partial charge in [0, 0.05) is 36.9 Å². The first-order valence-corrected chi connectivity index (χ1v) is 7.73. The molecule has 2 aromatic rings. The highest BCUT2D eigenvalue weighted by Gasteiger charge is 2.29. The molecule has 0 spiro atoms. The van der Waals surface area contributed by atoms with Crippen LogP contribution in [-0.4, -0.2) is 40.2 Å². The van der Waals surface area contributed by atoms with E-state index in [1.807, 2.05) is 0 Å². The van der Waals surface area contributed by atoms with Gasteiger partial charge in [0.2, 0.25) is 5.91 Å². The number of halogens is 1. The predicted octanol–water partition coefficient (Wildman–Crippen LogP) is 1.94. The first kappa shape index (κ1) is 15.5. The second-order valence-electron chi connectivity index (χ2n) is 5.23. The van der Waals surface area contributed by atoms with Crippen molar-refractivity contribution in [1.82, 2.24) is 9.78 Å². The van der Waals surface area contributed by atoms with E-state index in [-0.39, 0.29) is 18.1 Å². The predicted molar refractivity (Wildman–Crippen MR) is 88.6 cm³/mol. The highest BCUT2D eigenvalue weighted by atomic mass is 79.9. The number of aromatic nitrogens is 2. The number of carbonyl (C=O) groups excluding carboxylic acids is 1. The number of piperazine rings is 1. The number of hydrogen-bond donors (Lipinski definition) is 0. The first-order valence-electron chi connectivity index (χ1n) is 6.93. The van der Waals surface area contributed by atoms with Gasteiger partial charge in [0.05, 0.1) is 23.4 Å². The third-order valence-corrected chi connectivity index (χ3v) is 4.19. The number of anilines is 2. The van der Waals surface area contributed by atoms with Crippen LogP contribution in [0.2, 0.25) is 0 Å². The molecule has 0 N–H and O–H groups in total. The Morgan fingerprint density at radius 1 is 1.35 bits per heavy atom. The Labute approximate surface area is 140 Å². The average Bonchev–Trinajstić information content (AvgIpc) is 2.93. The average molecular weight is 380 g/mol. The summed E-state index contributed by atoms with van der Waals surface area (Å²) in [4.78, 5) is 26.6. The molecule has 1 aliphatic rings. The van der Waals surface area contributed by atoms with Gasteiger partial charge in [-0.25, -0.2) is 0 Å². The highest BCUT2D eigenvalue weighted by molar-refractivity contribution is 9.10. The van der Waals surface area contributed by atoms with Crippen LogP contribution in [0.25, 0.3) is 0 Å². The van der Waals surface area contributed by atoms with Gasteiger partial charge in [-0.15, -0.1) is 0 Å². The van der Waals surface area contributed by atoms with Gasteiger partial charge in [0.15, 0.2) is 0 Å². The number of hydrogen-bond acceptors (Lipinski definition) is 5. The molecule has 9 heteroatoms. The number of amides is 1. The van der Waals surface area contributed by atoms with E-state index in [0.29, 0.717) is 23.2 Å². The van der Waals surface area contributed by atoms with Crippen molar-refractivity contribution in [2.75, 3.05) is 29.4 Å². The number of carbonyl (C=O) groups is 1. The smallest absolute Gasteiger partial charge is 0.293 e. The van der Waals surface area contributed by atoms with Crippen LogP contribution in [0.15, 0.2) is 35.1 Å². The fourth-order valence-electron chi connectivity index (χ4n) is 2.61. The van der Waals surface area contributed by atoms with Crippen LogP contribution in [0, 0.1) is 10.1 Å². The second kappa shape index (κ2) is 5.99. The maximum atomic E-state index is 12.4. The number of nitrogens with zero attached hydrogens (tertiary/aromatic N) is 5. The van der Waals surface area contributed by atoms with Crippen LogP contribution >= 0.6 is 15.9 Å². The molecular formula is C14H14BrN5O3. The lowest BCUT2D eigenvalue weighted by Gasteiger charge is -2.34. The van der Waals surface area contributed by atoms with Crippen molar-refractivity contribution < 1.29 is 9.72 Å². The Hall–Kier alpha value is -2.42. The Bertz CT molecular complexity index is 776. The monoisotopic (exact) mass is 379 g/mol. The quantitative estimate of drug-likeness (QED) is 0.600. The maximum Gasteiger partial charge on any atom is 0.293 e. The molecule has 0 bridgehead atoms. The Balaban J connectivity index is 1.83. The van der Waals surface area contributed by atoms with Crippen LogP contribution < -0.4 is 9.80 Å². The topological polar surface area (TPSA) is 84.5 Å². The van der Waals surface area contributed by atoms with Crippen molar-refractivity contribution in [3.8, 4) is 0 Å². The minimum absolute atomic E-state index is 0.0120. The lowest BCUT2D eigenvalue weighted by Crippen LogP contribution is -2.50. The molecule has 0 aliphatic carbocycles. The minimum Gasteiger partial charge on any atom is -0.355 e. The highest BCUT2D eigenvalue weighted by Crippen LogP contribution is 2.32. The van der Waals surface area contributed by atoms with Crippen molar-refractivity contribution in [3.05, 3.63) is 45.2 Å². The van der Waals surface area contributed by atoms with Gasteiger partial charge in [-0.1, -0.05) is 15.9 Å². The van der Waals surface area contributed by atoms with Gasteiger partial charge in [-0.2, -0.15) is 5.10 Å². The SMILES string of the molecule is Cn1cc(N2CCN(c3ccc(Br)cc3[N+](=O)[O-])CC2=O)cn1. The zero-order chi connectivity index (χ0) is 16.6. The van der Waals surface area contributed by atoms with E-state index in [0.717, 1.165) is 5.69 Å². The molecule has 1 fully saturated rings. The van der Waals surface area contributed by atoms with Gasteiger partial charge < -0.3 is 9.80 Å². The molecule has 8 nitrogen and oxygen atoms in total. The fraction of sp³-hybridized carbons (Fsp3) is 0.286. The summed E-state index contributed by atoms with van der Waals surface area (Å²) in [7, 11) is 1.79. The van der Waals surface area contributed by atoms with Gasteiger partial charge in [0.1, 0.15) is 5.69 Å². The fourth-order valence-corrected chi connectivity index (χ4v) is 2.96. The molecule has 1 aromatic carbocycles. The molecule has 1 amide bonds. The molecule has 0 saturated carbocycles. The van der Waals surface area contributed by atoms with Crippen molar-refractivity contribution in [2.45, 2.75) is 0 Å². The van der Waals surface area contributed by atoms with Crippen LogP contribution in [0.4, 0.5) is 17.1 Å². The summed E-state index contributed by atoms with van der Waals surface area (Å²) in [6, 6.07) is 4.85. The van der Waals surface area contributed by atoms with E-state index < -0.39 is 4.92 Å².